The smallest absolute Gasteiger partial charge is 0.137 e. The van der Waals surface area contributed by atoms with Crippen molar-refractivity contribution >= 4 is 71.6 Å². The molecule has 0 aliphatic rings. The zero-order chi connectivity index (χ0) is 25.2. The van der Waals surface area contributed by atoms with Gasteiger partial charge in [-0.2, -0.15) is 0 Å². The van der Waals surface area contributed by atoms with Crippen molar-refractivity contribution in [3.63, 3.8) is 0 Å². The Balaban J connectivity index is 0.000000165. The highest BCUT2D eigenvalue weighted by molar-refractivity contribution is 9.10. The highest BCUT2D eigenvalue weighted by Gasteiger charge is 2.12. The molecule has 6 rings (SSSR count). The molecule has 0 atom stereocenters. The molecule has 0 unspecified atom stereocenters. The molecule has 0 amide bonds. The molecular weight excluding hydrogens is 563 g/mol. The third kappa shape index (κ3) is 4.83. The van der Waals surface area contributed by atoms with Gasteiger partial charge in [0, 0.05) is 56.4 Å². The summed E-state index contributed by atoms with van der Waals surface area (Å²) in [5.74, 6) is 0.741. The lowest BCUT2D eigenvalue weighted by atomic mass is 10.0. The van der Waals surface area contributed by atoms with E-state index in [-0.39, 0.29) is 13.2 Å². The molecular formula is C28H19BrCl2N2O3. The molecule has 0 spiro atoms. The molecule has 180 valence electrons. The Hall–Kier alpha value is -3.00. The first kappa shape index (κ1) is 24.7. The molecule has 0 saturated heterocycles. The first-order valence-electron chi connectivity index (χ1n) is 11.0. The van der Waals surface area contributed by atoms with Crippen LogP contribution in [0.1, 0.15) is 11.1 Å². The van der Waals surface area contributed by atoms with Crippen molar-refractivity contribution in [2.75, 3.05) is 0 Å². The topological polar surface area (TPSA) is 79.4 Å². The van der Waals surface area contributed by atoms with Crippen molar-refractivity contribution in [2.45, 2.75) is 13.2 Å². The molecule has 0 aliphatic heterocycles. The third-order valence-corrected chi connectivity index (χ3v) is 7.04. The minimum absolute atomic E-state index is 0.00950. The largest absolute Gasteiger partial charge is 0.456 e. The fourth-order valence-corrected chi connectivity index (χ4v) is 5.05. The fraction of sp³-hybridized carbons (Fsp3) is 0.0714. The normalized spacial score (nSPS) is 11.1. The van der Waals surface area contributed by atoms with E-state index in [0.717, 1.165) is 59.4 Å². The zero-order valence-corrected chi connectivity index (χ0v) is 21.8. The third-order valence-electron chi connectivity index (χ3n) is 5.78. The standard InChI is InChI=1S/C18H12ClNO2.C10H7BrClNO/c19-16-6-11(10-21)5-13-14(16)8-20-9-15(13)18-7-12-3-1-2-4-17(12)22-18;11-9-4-13-3-8-7(9)1-6(5-14)2-10(8)12/h1-9,21H,10H2;1-4,14H,5H2. The van der Waals surface area contributed by atoms with Crippen molar-refractivity contribution in [3.8, 4) is 11.3 Å². The molecule has 0 saturated carbocycles. The predicted molar refractivity (Wildman–Crippen MR) is 148 cm³/mol. The summed E-state index contributed by atoms with van der Waals surface area (Å²) in [6, 6.07) is 17.2. The number of benzene rings is 3. The highest BCUT2D eigenvalue weighted by atomic mass is 79.9. The Bertz CT molecular complexity index is 1690. The number of aliphatic hydroxyl groups excluding tert-OH is 2. The molecule has 36 heavy (non-hydrogen) atoms. The maximum atomic E-state index is 9.40. The monoisotopic (exact) mass is 580 g/mol. The number of pyridine rings is 2. The number of fused-ring (bicyclic) bond motifs is 3. The maximum Gasteiger partial charge on any atom is 0.137 e. The summed E-state index contributed by atoms with van der Waals surface area (Å²) in [5, 5.41) is 24.3. The van der Waals surface area contributed by atoms with Crippen LogP contribution in [0.2, 0.25) is 10.0 Å². The van der Waals surface area contributed by atoms with Gasteiger partial charge in [0.1, 0.15) is 11.3 Å². The maximum absolute atomic E-state index is 9.40. The van der Waals surface area contributed by atoms with Crippen LogP contribution < -0.4 is 0 Å². The summed E-state index contributed by atoms with van der Waals surface area (Å²) in [6.45, 7) is -0.0675. The van der Waals surface area contributed by atoms with Crippen LogP contribution in [0, 0.1) is 0 Å². The molecule has 2 N–H and O–H groups in total. The summed E-state index contributed by atoms with van der Waals surface area (Å²) in [4.78, 5) is 8.30. The van der Waals surface area contributed by atoms with Crippen LogP contribution >= 0.6 is 39.1 Å². The van der Waals surface area contributed by atoms with Crippen molar-refractivity contribution in [3.05, 3.63) is 105 Å². The second kappa shape index (κ2) is 10.5. The molecule has 5 nitrogen and oxygen atoms in total. The van der Waals surface area contributed by atoms with Gasteiger partial charge < -0.3 is 14.6 Å². The zero-order valence-electron chi connectivity index (χ0n) is 18.8. The molecule has 0 fully saturated rings. The van der Waals surface area contributed by atoms with Crippen molar-refractivity contribution in [2.24, 2.45) is 0 Å². The first-order chi connectivity index (χ1) is 17.5. The second-order valence-corrected chi connectivity index (χ2v) is 9.79. The van der Waals surface area contributed by atoms with E-state index < -0.39 is 0 Å². The number of aliphatic hydroxyl groups is 2. The van der Waals surface area contributed by atoms with Crippen LogP contribution in [0.15, 0.2) is 88.3 Å². The molecule has 0 bridgehead atoms. The van der Waals surface area contributed by atoms with Gasteiger partial charge in [0.15, 0.2) is 0 Å². The van der Waals surface area contributed by atoms with Gasteiger partial charge in [0.2, 0.25) is 0 Å². The number of furan rings is 1. The Morgan fingerprint density at radius 2 is 1.33 bits per heavy atom. The van der Waals surface area contributed by atoms with Gasteiger partial charge in [-0.3, -0.25) is 9.97 Å². The Labute approximate surface area is 225 Å². The van der Waals surface area contributed by atoms with Crippen molar-refractivity contribution in [1.82, 2.24) is 9.97 Å². The summed E-state index contributed by atoms with van der Waals surface area (Å²) in [7, 11) is 0. The molecule has 8 heteroatoms. The van der Waals surface area contributed by atoms with Gasteiger partial charge in [-0.15, -0.1) is 0 Å². The van der Waals surface area contributed by atoms with Crippen LogP contribution in [-0.4, -0.2) is 20.2 Å². The van der Waals surface area contributed by atoms with Crippen LogP contribution in [0.4, 0.5) is 0 Å². The number of rotatable bonds is 3. The number of hydrogen-bond acceptors (Lipinski definition) is 5. The minimum atomic E-state index is -0.0580. The number of hydrogen-bond donors (Lipinski definition) is 2. The molecule has 3 aromatic carbocycles. The van der Waals surface area contributed by atoms with E-state index in [0.29, 0.717) is 10.0 Å². The van der Waals surface area contributed by atoms with E-state index in [9.17, 15) is 5.11 Å². The number of halogens is 3. The second-order valence-electron chi connectivity index (χ2n) is 8.12. The van der Waals surface area contributed by atoms with Gasteiger partial charge in [0.25, 0.3) is 0 Å². The predicted octanol–water partition coefficient (Wildman–Crippen LogP) is 7.94. The lowest BCUT2D eigenvalue weighted by molar-refractivity contribution is 0.282. The Morgan fingerprint density at radius 3 is 2.00 bits per heavy atom. The fourth-order valence-electron chi connectivity index (χ4n) is 4.03. The lowest BCUT2D eigenvalue weighted by Gasteiger charge is -2.07. The Morgan fingerprint density at radius 1 is 0.722 bits per heavy atom. The van der Waals surface area contributed by atoms with E-state index in [2.05, 4.69) is 25.9 Å². The number of nitrogens with zero attached hydrogens (tertiary/aromatic N) is 2. The van der Waals surface area contributed by atoms with Crippen LogP contribution in [0.5, 0.6) is 0 Å². The quantitative estimate of drug-likeness (QED) is 0.222. The van der Waals surface area contributed by atoms with Crippen LogP contribution in [0.3, 0.4) is 0 Å². The average molecular weight is 582 g/mol. The van der Waals surface area contributed by atoms with Gasteiger partial charge in [0.05, 0.1) is 23.3 Å². The summed E-state index contributed by atoms with van der Waals surface area (Å²) >= 11 is 15.7. The van der Waals surface area contributed by atoms with E-state index >= 15 is 0 Å². The SMILES string of the molecule is OCc1cc(Cl)c2cncc(-c3cc4ccccc4o3)c2c1.OCc1cc(Cl)c2cncc(Br)c2c1. The Kier molecular flexibility index (Phi) is 7.23. The first-order valence-corrected chi connectivity index (χ1v) is 12.5. The molecule has 0 radical (unpaired) electrons. The molecule has 0 aliphatic carbocycles. The van der Waals surface area contributed by atoms with Crippen LogP contribution in [-0.2, 0) is 13.2 Å². The number of para-hydroxylation sites is 1. The summed E-state index contributed by atoms with van der Waals surface area (Å²) in [6.07, 6.45) is 6.91. The highest BCUT2D eigenvalue weighted by Crippen LogP contribution is 2.35. The lowest BCUT2D eigenvalue weighted by Crippen LogP contribution is -1.88. The summed E-state index contributed by atoms with van der Waals surface area (Å²) < 4.78 is 6.81. The van der Waals surface area contributed by atoms with E-state index in [1.165, 1.54) is 0 Å². The number of aromatic nitrogens is 2. The molecule has 6 aromatic rings. The molecule has 3 heterocycles. The van der Waals surface area contributed by atoms with Crippen molar-refractivity contribution < 1.29 is 14.6 Å². The van der Waals surface area contributed by atoms with Gasteiger partial charge in [-0.05, 0) is 68.8 Å². The molecule has 3 aromatic heterocycles. The van der Waals surface area contributed by atoms with Crippen LogP contribution in [0.25, 0.3) is 43.8 Å². The summed E-state index contributed by atoms with van der Waals surface area (Å²) in [5.41, 5.74) is 3.26. The van der Waals surface area contributed by atoms with Gasteiger partial charge in [-0.1, -0.05) is 41.4 Å². The average Bonchev–Trinajstić information content (AvgIpc) is 3.33. The van der Waals surface area contributed by atoms with E-state index in [4.69, 9.17) is 32.7 Å². The minimum Gasteiger partial charge on any atom is -0.456 e. The van der Waals surface area contributed by atoms with Gasteiger partial charge in [-0.25, -0.2) is 0 Å². The van der Waals surface area contributed by atoms with E-state index in [1.54, 1.807) is 36.9 Å². The van der Waals surface area contributed by atoms with Crippen molar-refractivity contribution in [1.29, 1.82) is 0 Å². The van der Waals surface area contributed by atoms with E-state index in [1.807, 2.05) is 42.5 Å². The van der Waals surface area contributed by atoms with Gasteiger partial charge >= 0.3 is 0 Å².